The predicted octanol–water partition coefficient (Wildman–Crippen LogP) is 2.49. The van der Waals surface area contributed by atoms with Crippen molar-refractivity contribution in [3.63, 3.8) is 0 Å². The fraction of sp³-hybridized carbons (Fsp3) is 0.433. The van der Waals surface area contributed by atoms with Gasteiger partial charge >= 0.3 is 0 Å². The molecule has 1 saturated carbocycles. The van der Waals surface area contributed by atoms with E-state index >= 15 is 0 Å². The highest BCUT2D eigenvalue weighted by atomic mass is 19.1. The summed E-state index contributed by atoms with van der Waals surface area (Å²) in [5.41, 5.74) is 1.76. The lowest BCUT2D eigenvalue weighted by atomic mass is 9.77. The molecule has 1 heterocycles. The second kappa shape index (κ2) is 11.8. The predicted molar refractivity (Wildman–Crippen MR) is 142 cm³/mol. The van der Waals surface area contributed by atoms with E-state index in [0.717, 1.165) is 25.7 Å². The Morgan fingerprint density at radius 1 is 1.20 bits per heavy atom. The van der Waals surface area contributed by atoms with Crippen molar-refractivity contribution < 1.29 is 38.5 Å². The summed E-state index contributed by atoms with van der Waals surface area (Å²) >= 11 is 0. The zero-order chi connectivity index (χ0) is 28.4. The van der Waals surface area contributed by atoms with Gasteiger partial charge in [0.1, 0.15) is 24.3 Å². The summed E-state index contributed by atoms with van der Waals surface area (Å²) in [4.78, 5) is 40.5. The van der Waals surface area contributed by atoms with Crippen molar-refractivity contribution in [1.82, 2.24) is 10.2 Å². The Morgan fingerprint density at radius 2 is 1.93 bits per heavy atom. The molecule has 9 nitrogen and oxygen atoms in total. The molecule has 3 aliphatic rings. The van der Waals surface area contributed by atoms with Crippen LogP contribution in [-0.2, 0) is 16.1 Å². The van der Waals surface area contributed by atoms with Crippen LogP contribution < -0.4 is 14.8 Å². The summed E-state index contributed by atoms with van der Waals surface area (Å²) in [6.07, 6.45) is 3.39. The van der Waals surface area contributed by atoms with Gasteiger partial charge < -0.3 is 29.9 Å². The monoisotopic (exact) mass is 552 g/mol. The van der Waals surface area contributed by atoms with E-state index in [1.807, 2.05) is 0 Å². The average Bonchev–Trinajstić information content (AvgIpc) is 3.64. The van der Waals surface area contributed by atoms with E-state index in [1.54, 1.807) is 29.2 Å². The van der Waals surface area contributed by atoms with Gasteiger partial charge in [-0.3, -0.25) is 14.4 Å². The normalized spacial score (nSPS) is 23.4. The first-order valence-corrected chi connectivity index (χ1v) is 13.5. The first-order valence-electron chi connectivity index (χ1n) is 13.5. The third-order valence-corrected chi connectivity index (χ3v) is 8.02. The first kappa shape index (κ1) is 27.8. The SMILES string of the molecule is COc1cc(C=O)cc2c1O[C@@H]1[C@@H](O)[C@H](N(Cc3ccc(F)cc3)C(=O)C3CCCC3)C=C(C(=O)NCCO)[C@H]21. The van der Waals surface area contributed by atoms with Gasteiger partial charge in [-0.2, -0.15) is 0 Å². The Morgan fingerprint density at radius 3 is 2.58 bits per heavy atom. The minimum atomic E-state index is -1.23. The number of carbonyl (C=O) groups excluding carboxylic acids is 3. The summed E-state index contributed by atoms with van der Waals surface area (Å²) in [5.74, 6) is -1.39. The van der Waals surface area contributed by atoms with E-state index in [1.165, 1.54) is 25.3 Å². The summed E-state index contributed by atoms with van der Waals surface area (Å²) in [6.45, 7) is -0.166. The lowest BCUT2D eigenvalue weighted by Gasteiger charge is -2.41. The van der Waals surface area contributed by atoms with Crippen molar-refractivity contribution in [2.24, 2.45) is 5.92 Å². The second-order valence-electron chi connectivity index (χ2n) is 10.5. The molecule has 0 aromatic heterocycles. The number of benzene rings is 2. The zero-order valence-corrected chi connectivity index (χ0v) is 22.2. The molecule has 0 spiro atoms. The number of carbonyl (C=O) groups is 3. The number of rotatable bonds is 9. The second-order valence-corrected chi connectivity index (χ2v) is 10.5. The van der Waals surface area contributed by atoms with Crippen LogP contribution in [0.1, 0.15) is 53.1 Å². The minimum Gasteiger partial charge on any atom is -0.493 e. The van der Waals surface area contributed by atoms with Gasteiger partial charge in [0, 0.05) is 35.7 Å². The number of hydrogen-bond donors (Lipinski definition) is 3. The molecule has 10 heteroatoms. The highest BCUT2D eigenvalue weighted by Gasteiger charge is 2.52. The molecule has 0 bridgehead atoms. The number of methoxy groups -OCH3 is 1. The number of ether oxygens (including phenoxy) is 2. The van der Waals surface area contributed by atoms with Crippen LogP contribution in [0.15, 0.2) is 48.0 Å². The van der Waals surface area contributed by atoms with Crippen molar-refractivity contribution in [3.05, 3.63) is 70.6 Å². The lowest BCUT2D eigenvalue weighted by Crippen LogP contribution is -2.56. The summed E-state index contributed by atoms with van der Waals surface area (Å²) in [5, 5.41) is 23.8. The molecule has 1 fully saturated rings. The molecule has 2 aromatic rings. The molecule has 0 unspecified atom stereocenters. The van der Waals surface area contributed by atoms with Crippen molar-refractivity contribution in [3.8, 4) is 11.5 Å². The van der Waals surface area contributed by atoms with Crippen LogP contribution >= 0.6 is 0 Å². The molecule has 40 heavy (non-hydrogen) atoms. The molecule has 5 rings (SSSR count). The highest BCUT2D eigenvalue weighted by molar-refractivity contribution is 5.96. The lowest BCUT2D eigenvalue weighted by molar-refractivity contribution is -0.142. The number of halogens is 1. The summed E-state index contributed by atoms with van der Waals surface area (Å²) in [7, 11) is 1.43. The van der Waals surface area contributed by atoms with Crippen LogP contribution in [-0.4, -0.2) is 71.7 Å². The fourth-order valence-electron chi connectivity index (χ4n) is 6.08. The molecule has 1 aliphatic heterocycles. The van der Waals surface area contributed by atoms with E-state index in [9.17, 15) is 29.0 Å². The number of nitrogens with zero attached hydrogens (tertiary/aromatic N) is 1. The van der Waals surface area contributed by atoms with Crippen LogP contribution in [0.25, 0.3) is 0 Å². The fourth-order valence-corrected chi connectivity index (χ4v) is 6.08. The van der Waals surface area contributed by atoms with Crippen LogP contribution in [0.2, 0.25) is 0 Å². The average molecular weight is 553 g/mol. The largest absolute Gasteiger partial charge is 0.493 e. The van der Waals surface area contributed by atoms with E-state index in [2.05, 4.69) is 5.32 Å². The van der Waals surface area contributed by atoms with E-state index in [-0.39, 0.29) is 42.8 Å². The van der Waals surface area contributed by atoms with Crippen molar-refractivity contribution in [2.45, 2.75) is 56.4 Å². The van der Waals surface area contributed by atoms with E-state index < -0.39 is 35.9 Å². The van der Waals surface area contributed by atoms with Crippen molar-refractivity contribution in [1.29, 1.82) is 0 Å². The Hall–Kier alpha value is -3.76. The molecule has 2 amide bonds. The molecule has 4 atom stereocenters. The molecule has 2 aromatic carbocycles. The number of nitrogens with one attached hydrogen (secondary N) is 1. The number of fused-ring (bicyclic) bond motifs is 3. The van der Waals surface area contributed by atoms with Gasteiger partial charge in [0.25, 0.3) is 0 Å². The third-order valence-electron chi connectivity index (χ3n) is 8.02. The van der Waals surface area contributed by atoms with Crippen LogP contribution in [0.3, 0.4) is 0 Å². The molecule has 3 N–H and O–H groups in total. The summed E-state index contributed by atoms with van der Waals surface area (Å²) in [6, 6.07) is 8.02. The Kier molecular flexibility index (Phi) is 8.18. The van der Waals surface area contributed by atoms with Crippen LogP contribution in [0.5, 0.6) is 11.5 Å². The topological polar surface area (TPSA) is 125 Å². The van der Waals surface area contributed by atoms with Gasteiger partial charge in [-0.15, -0.1) is 0 Å². The Balaban J connectivity index is 1.60. The van der Waals surface area contributed by atoms with Gasteiger partial charge in [-0.25, -0.2) is 4.39 Å². The quantitative estimate of drug-likeness (QED) is 0.408. The summed E-state index contributed by atoms with van der Waals surface area (Å²) < 4.78 is 25.3. The Labute approximate surface area is 231 Å². The number of hydrogen-bond acceptors (Lipinski definition) is 7. The molecule has 0 radical (unpaired) electrons. The smallest absolute Gasteiger partial charge is 0.247 e. The number of aldehydes is 1. The zero-order valence-electron chi connectivity index (χ0n) is 22.2. The molecular weight excluding hydrogens is 519 g/mol. The van der Waals surface area contributed by atoms with Gasteiger partial charge in [-0.1, -0.05) is 25.0 Å². The maximum absolute atomic E-state index is 13.9. The van der Waals surface area contributed by atoms with Gasteiger partial charge in [-0.05, 0) is 48.7 Å². The third kappa shape index (κ3) is 5.21. The molecular formula is C30H33FN2O7. The molecule has 2 aliphatic carbocycles. The molecule has 212 valence electrons. The van der Waals surface area contributed by atoms with E-state index in [0.29, 0.717) is 28.7 Å². The van der Waals surface area contributed by atoms with Gasteiger partial charge in [0.05, 0.1) is 25.7 Å². The maximum atomic E-state index is 13.9. The molecule has 0 saturated heterocycles. The first-order chi connectivity index (χ1) is 19.4. The van der Waals surface area contributed by atoms with Crippen molar-refractivity contribution >= 4 is 18.1 Å². The van der Waals surface area contributed by atoms with Crippen LogP contribution in [0, 0.1) is 11.7 Å². The Bertz CT molecular complexity index is 1310. The maximum Gasteiger partial charge on any atom is 0.247 e. The highest BCUT2D eigenvalue weighted by Crippen LogP contribution is 2.51. The van der Waals surface area contributed by atoms with Crippen molar-refractivity contribution in [2.75, 3.05) is 20.3 Å². The number of aliphatic hydroxyl groups excluding tert-OH is 2. The van der Waals surface area contributed by atoms with Gasteiger partial charge in [0.2, 0.25) is 11.8 Å². The van der Waals surface area contributed by atoms with Gasteiger partial charge in [0.15, 0.2) is 11.5 Å². The minimum absolute atomic E-state index is 0.00644. The number of aliphatic hydroxyl groups is 2. The standard InChI is InChI=1S/C30H33FN2O7/c1-39-24-13-18(16-35)12-21-25-22(29(37)32-10-11-34)14-23(26(36)28(25)40-27(21)24)33(30(38)19-4-2-3-5-19)15-17-6-8-20(31)9-7-17/h6-9,12-14,16,19,23,25-26,28,34,36H,2-5,10-11,15H2,1H3,(H,32,37)/t23-,25+,26+,28+/m1/s1. The number of amides is 2. The van der Waals surface area contributed by atoms with E-state index in [4.69, 9.17) is 9.47 Å². The van der Waals surface area contributed by atoms with Crippen LogP contribution in [0.4, 0.5) is 4.39 Å².